The molecule has 0 radical (unpaired) electrons. The minimum absolute atomic E-state index is 0.0646. The molecule has 38 heavy (non-hydrogen) atoms. The summed E-state index contributed by atoms with van der Waals surface area (Å²) in [6.45, 7) is 10.8. The summed E-state index contributed by atoms with van der Waals surface area (Å²) in [5.74, 6) is 1.47. The Bertz CT molecular complexity index is 1370. The maximum atomic E-state index is 12.9. The van der Waals surface area contributed by atoms with Crippen molar-refractivity contribution in [3.05, 3.63) is 82.7 Å². The number of piperazine rings is 1. The first-order valence-electron chi connectivity index (χ1n) is 12.3. The molecule has 0 amide bonds. The lowest BCUT2D eigenvalue weighted by Crippen LogP contribution is -2.43. The van der Waals surface area contributed by atoms with Crippen molar-refractivity contribution in [2.24, 2.45) is 7.05 Å². The van der Waals surface area contributed by atoms with Crippen LogP contribution in [0.15, 0.2) is 70.3 Å². The molecular formula is C29H34N4O5. The molecule has 200 valence electrons. The van der Waals surface area contributed by atoms with E-state index in [1.54, 1.807) is 24.0 Å². The fourth-order valence-electron chi connectivity index (χ4n) is 4.44. The number of furan rings is 1. The summed E-state index contributed by atoms with van der Waals surface area (Å²) in [5, 5.41) is 0.591. The quantitative estimate of drug-likeness (QED) is 0.381. The average molecular weight is 519 g/mol. The average Bonchev–Trinajstić information content (AvgIpc) is 3.39. The standard InChI is InChI=1S/C27H30N4O3.2CH2O/c1-19(20-7-5-4-6-8-20)33-22-13-21(15-28-16-22)25-18-30(3)27(32)24-14-23(34-26(24)25)17-31-11-9-29(2)10-12-31;2*1-2/h4-8,13-16,18-19H,9-12,17H2,1-3H3;2*1H2. The Morgan fingerprint density at radius 1 is 1.00 bits per heavy atom. The topological polar surface area (TPSA) is 97.9 Å². The van der Waals surface area contributed by atoms with Gasteiger partial charge in [-0.2, -0.15) is 0 Å². The summed E-state index contributed by atoms with van der Waals surface area (Å²) in [6.07, 6.45) is 5.19. The number of carbonyl (C=O) groups is 2. The molecule has 1 aromatic carbocycles. The van der Waals surface area contributed by atoms with Crippen LogP contribution < -0.4 is 10.3 Å². The summed E-state index contributed by atoms with van der Waals surface area (Å²) in [7, 11) is 3.91. The number of fused-ring (bicyclic) bond motifs is 1. The molecule has 1 aliphatic rings. The summed E-state index contributed by atoms with van der Waals surface area (Å²) in [4.78, 5) is 38.0. The molecule has 1 saturated heterocycles. The number of likely N-dealkylation sites (N-methyl/N-ethyl adjacent to an activating group) is 1. The van der Waals surface area contributed by atoms with Crippen LogP contribution in [0, 0.1) is 0 Å². The lowest BCUT2D eigenvalue weighted by Gasteiger charge is -2.31. The summed E-state index contributed by atoms with van der Waals surface area (Å²) < 4.78 is 14.0. The van der Waals surface area contributed by atoms with Crippen molar-refractivity contribution in [2.45, 2.75) is 19.6 Å². The van der Waals surface area contributed by atoms with Gasteiger partial charge in [0.2, 0.25) is 0 Å². The predicted octanol–water partition coefficient (Wildman–Crippen LogP) is 3.71. The highest BCUT2D eigenvalue weighted by Gasteiger charge is 2.19. The Balaban J connectivity index is 0.000000956. The number of pyridine rings is 2. The Morgan fingerprint density at radius 3 is 2.37 bits per heavy atom. The van der Waals surface area contributed by atoms with Gasteiger partial charge in [-0.3, -0.25) is 14.7 Å². The number of ether oxygens (including phenoxy) is 1. The number of hydrogen-bond acceptors (Lipinski definition) is 8. The van der Waals surface area contributed by atoms with Crippen LogP contribution in [0.1, 0.15) is 24.4 Å². The maximum Gasteiger partial charge on any atom is 0.261 e. The molecule has 1 atom stereocenters. The van der Waals surface area contributed by atoms with E-state index in [4.69, 9.17) is 18.7 Å². The number of nitrogens with zero attached hydrogens (tertiary/aromatic N) is 4. The zero-order valence-corrected chi connectivity index (χ0v) is 22.1. The van der Waals surface area contributed by atoms with E-state index in [2.05, 4.69) is 21.8 Å². The molecule has 9 nitrogen and oxygen atoms in total. The van der Waals surface area contributed by atoms with Crippen LogP contribution in [0.25, 0.3) is 22.1 Å². The first kappa shape index (κ1) is 28.5. The highest BCUT2D eigenvalue weighted by molar-refractivity contribution is 5.91. The van der Waals surface area contributed by atoms with E-state index in [1.165, 1.54) is 0 Å². The second kappa shape index (κ2) is 13.5. The Morgan fingerprint density at radius 2 is 1.68 bits per heavy atom. The van der Waals surface area contributed by atoms with Gasteiger partial charge in [-0.1, -0.05) is 30.3 Å². The third kappa shape index (κ3) is 6.62. The van der Waals surface area contributed by atoms with Crippen LogP contribution in [-0.4, -0.2) is 66.2 Å². The van der Waals surface area contributed by atoms with Gasteiger partial charge in [-0.25, -0.2) is 0 Å². The van der Waals surface area contributed by atoms with Gasteiger partial charge in [0.1, 0.15) is 36.8 Å². The van der Waals surface area contributed by atoms with E-state index in [0.717, 1.165) is 48.6 Å². The number of aromatic nitrogens is 2. The first-order chi connectivity index (χ1) is 18.5. The van der Waals surface area contributed by atoms with Crippen molar-refractivity contribution in [3.63, 3.8) is 0 Å². The SMILES string of the molecule is C=O.C=O.CC(Oc1cncc(-c2cn(C)c(=O)c3cc(CN4CCN(C)CC4)oc23)c1)c1ccccc1. The normalized spacial score (nSPS) is 14.6. The van der Waals surface area contributed by atoms with Gasteiger partial charge in [0.15, 0.2) is 0 Å². The molecule has 0 spiro atoms. The van der Waals surface area contributed by atoms with Crippen LogP contribution in [0.2, 0.25) is 0 Å². The number of hydrogen-bond donors (Lipinski definition) is 0. The molecular weight excluding hydrogens is 484 g/mol. The minimum Gasteiger partial charge on any atom is -0.484 e. The maximum absolute atomic E-state index is 12.9. The highest BCUT2D eigenvalue weighted by Crippen LogP contribution is 2.32. The number of carbonyl (C=O) groups excluding carboxylic acids is 2. The first-order valence-corrected chi connectivity index (χ1v) is 12.3. The van der Waals surface area contributed by atoms with Crippen molar-refractivity contribution < 1.29 is 18.7 Å². The molecule has 1 fully saturated rings. The van der Waals surface area contributed by atoms with Gasteiger partial charge in [0, 0.05) is 56.7 Å². The van der Waals surface area contributed by atoms with Crippen LogP contribution in [0.4, 0.5) is 0 Å². The Labute approximate surface area is 222 Å². The lowest BCUT2D eigenvalue weighted by molar-refractivity contribution is -0.0987. The number of rotatable bonds is 6. The molecule has 4 heterocycles. The third-order valence-electron chi connectivity index (χ3n) is 6.48. The molecule has 5 rings (SSSR count). The van der Waals surface area contributed by atoms with Crippen molar-refractivity contribution in [2.75, 3.05) is 33.2 Å². The summed E-state index contributed by atoms with van der Waals surface area (Å²) in [6, 6.07) is 13.9. The van der Waals surface area contributed by atoms with Gasteiger partial charge in [0.25, 0.3) is 5.56 Å². The Kier molecular flexibility index (Phi) is 10.1. The Hall–Kier alpha value is -4.08. The molecule has 0 saturated carbocycles. The van der Waals surface area contributed by atoms with Crippen molar-refractivity contribution in [1.29, 1.82) is 0 Å². The van der Waals surface area contributed by atoms with Gasteiger partial charge in [0.05, 0.1) is 18.1 Å². The van der Waals surface area contributed by atoms with Crippen LogP contribution in [0.3, 0.4) is 0 Å². The van der Waals surface area contributed by atoms with E-state index in [-0.39, 0.29) is 11.7 Å². The monoisotopic (exact) mass is 518 g/mol. The molecule has 0 bridgehead atoms. The minimum atomic E-state index is -0.114. The van der Waals surface area contributed by atoms with Crippen LogP contribution in [0.5, 0.6) is 5.75 Å². The van der Waals surface area contributed by atoms with E-state index >= 15 is 0 Å². The van der Waals surface area contributed by atoms with Gasteiger partial charge < -0.3 is 28.2 Å². The predicted molar refractivity (Wildman–Crippen MR) is 147 cm³/mol. The zero-order chi connectivity index (χ0) is 27.7. The van der Waals surface area contributed by atoms with Crippen molar-refractivity contribution in [3.8, 4) is 16.9 Å². The number of benzene rings is 1. The third-order valence-corrected chi connectivity index (χ3v) is 6.48. The summed E-state index contributed by atoms with van der Waals surface area (Å²) >= 11 is 0. The molecule has 4 aromatic rings. The molecule has 3 aromatic heterocycles. The smallest absolute Gasteiger partial charge is 0.261 e. The van der Waals surface area contributed by atoms with Gasteiger partial charge in [-0.15, -0.1) is 0 Å². The highest BCUT2D eigenvalue weighted by atomic mass is 16.5. The van der Waals surface area contributed by atoms with Crippen LogP contribution in [-0.2, 0) is 23.2 Å². The van der Waals surface area contributed by atoms with Crippen molar-refractivity contribution >= 4 is 24.5 Å². The fraction of sp³-hybridized carbons (Fsp3) is 0.310. The van der Waals surface area contributed by atoms with E-state index < -0.39 is 0 Å². The molecule has 0 N–H and O–H groups in total. The molecule has 9 heteroatoms. The van der Waals surface area contributed by atoms with E-state index in [1.807, 2.05) is 69.2 Å². The van der Waals surface area contributed by atoms with Gasteiger partial charge in [-0.05, 0) is 31.7 Å². The zero-order valence-electron chi connectivity index (χ0n) is 22.1. The second-order valence-corrected chi connectivity index (χ2v) is 9.07. The fourth-order valence-corrected chi connectivity index (χ4v) is 4.44. The van der Waals surface area contributed by atoms with E-state index in [9.17, 15) is 4.79 Å². The largest absolute Gasteiger partial charge is 0.484 e. The van der Waals surface area contributed by atoms with Gasteiger partial charge >= 0.3 is 0 Å². The lowest BCUT2D eigenvalue weighted by atomic mass is 10.1. The van der Waals surface area contributed by atoms with Crippen molar-refractivity contribution in [1.82, 2.24) is 19.4 Å². The number of aryl methyl sites for hydroxylation is 1. The molecule has 0 aliphatic carbocycles. The molecule has 1 aliphatic heterocycles. The molecule has 1 unspecified atom stereocenters. The summed E-state index contributed by atoms with van der Waals surface area (Å²) in [5.41, 5.74) is 3.30. The van der Waals surface area contributed by atoms with E-state index in [0.29, 0.717) is 23.3 Å². The van der Waals surface area contributed by atoms with Crippen LogP contribution >= 0.6 is 0 Å². The second-order valence-electron chi connectivity index (χ2n) is 9.07.